The van der Waals surface area contributed by atoms with E-state index in [1.165, 1.54) is 0 Å². The maximum absolute atomic E-state index is 13.1. The van der Waals surface area contributed by atoms with Crippen molar-refractivity contribution in [2.24, 2.45) is 0 Å². The van der Waals surface area contributed by atoms with E-state index in [0.29, 0.717) is 28.6 Å². The van der Waals surface area contributed by atoms with Gasteiger partial charge in [0, 0.05) is 40.9 Å². The first-order chi connectivity index (χ1) is 14.2. The smallest absolute Gasteiger partial charge is 0.254 e. The largest absolute Gasteiger partial charge is 0.454 e. The standard InChI is InChI=1S/C22H20ClN3O3/c23-17-5-1-3-14(9-17)18-11-24-25-21(18)16-4-2-8-26(12-16)22(27)15-6-7-19-20(10-15)29-13-28-19/h1,3,5-7,9-11,16H,2,4,8,12-13H2,(H,24,25)/t16-/m0/s1. The van der Waals surface area contributed by atoms with Gasteiger partial charge in [-0.3, -0.25) is 9.89 Å². The van der Waals surface area contributed by atoms with Crippen molar-refractivity contribution < 1.29 is 14.3 Å². The van der Waals surface area contributed by atoms with E-state index in [1.54, 1.807) is 18.2 Å². The Balaban J connectivity index is 1.38. The summed E-state index contributed by atoms with van der Waals surface area (Å²) in [6.07, 6.45) is 3.77. The number of likely N-dealkylation sites (tertiary alicyclic amines) is 1. The number of carbonyl (C=O) groups is 1. The van der Waals surface area contributed by atoms with Crippen LogP contribution in [-0.4, -0.2) is 40.9 Å². The second-order valence-electron chi connectivity index (χ2n) is 7.37. The van der Waals surface area contributed by atoms with Crippen molar-refractivity contribution in [2.45, 2.75) is 18.8 Å². The zero-order valence-corrected chi connectivity index (χ0v) is 16.5. The predicted octanol–water partition coefficient (Wildman–Crippen LogP) is 4.48. The molecule has 5 rings (SSSR count). The van der Waals surface area contributed by atoms with Gasteiger partial charge in [-0.15, -0.1) is 0 Å². The number of aromatic amines is 1. The number of carbonyl (C=O) groups excluding carboxylic acids is 1. The zero-order valence-electron chi connectivity index (χ0n) is 15.7. The molecular weight excluding hydrogens is 390 g/mol. The summed E-state index contributed by atoms with van der Waals surface area (Å²) in [6.45, 7) is 1.58. The van der Waals surface area contributed by atoms with Gasteiger partial charge in [-0.25, -0.2) is 0 Å². The summed E-state index contributed by atoms with van der Waals surface area (Å²) in [4.78, 5) is 15.0. The van der Waals surface area contributed by atoms with Crippen LogP contribution in [-0.2, 0) is 0 Å². The fourth-order valence-corrected chi connectivity index (χ4v) is 4.29. The molecule has 0 aliphatic carbocycles. The van der Waals surface area contributed by atoms with Gasteiger partial charge in [0.25, 0.3) is 5.91 Å². The highest BCUT2D eigenvalue weighted by molar-refractivity contribution is 6.30. The molecule has 2 aliphatic rings. The third kappa shape index (κ3) is 3.44. The molecule has 1 aromatic heterocycles. The van der Waals surface area contributed by atoms with E-state index >= 15 is 0 Å². The molecule has 1 amide bonds. The summed E-state index contributed by atoms with van der Waals surface area (Å²) in [6, 6.07) is 13.1. The molecular formula is C22H20ClN3O3. The van der Waals surface area contributed by atoms with Crippen molar-refractivity contribution in [3.8, 4) is 22.6 Å². The molecule has 0 bridgehead atoms. The third-order valence-electron chi connectivity index (χ3n) is 5.54. The van der Waals surface area contributed by atoms with Crippen LogP contribution in [0.3, 0.4) is 0 Å². The summed E-state index contributed by atoms with van der Waals surface area (Å²) in [5.41, 5.74) is 3.74. The number of rotatable bonds is 3. The number of nitrogens with one attached hydrogen (secondary N) is 1. The summed E-state index contributed by atoms with van der Waals surface area (Å²) >= 11 is 6.17. The van der Waals surface area contributed by atoms with E-state index in [4.69, 9.17) is 21.1 Å². The van der Waals surface area contributed by atoms with E-state index in [9.17, 15) is 4.79 Å². The highest BCUT2D eigenvalue weighted by atomic mass is 35.5. The Kier molecular flexibility index (Phi) is 4.64. The predicted molar refractivity (Wildman–Crippen MR) is 109 cm³/mol. The van der Waals surface area contributed by atoms with Crippen LogP contribution >= 0.6 is 11.6 Å². The number of nitrogens with zero attached hydrogens (tertiary/aromatic N) is 2. The molecule has 1 atom stereocenters. The minimum absolute atomic E-state index is 0.0109. The van der Waals surface area contributed by atoms with Crippen LogP contribution < -0.4 is 9.47 Å². The maximum Gasteiger partial charge on any atom is 0.254 e. The van der Waals surface area contributed by atoms with Crippen LogP contribution in [0.4, 0.5) is 0 Å². The minimum atomic E-state index is 0.0109. The Hall–Kier alpha value is -2.99. The number of ether oxygens (including phenoxy) is 2. The fraction of sp³-hybridized carbons (Fsp3) is 0.273. The van der Waals surface area contributed by atoms with E-state index in [0.717, 1.165) is 36.2 Å². The Labute approximate surface area is 173 Å². The molecule has 2 aliphatic heterocycles. The average molecular weight is 410 g/mol. The lowest BCUT2D eigenvalue weighted by Gasteiger charge is -2.33. The van der Waals surface area contributed by atoms with Gasteiger partial charge in [0.2, 0.25) is 6.79 Å². The van der Waals surface area contributed by atoms with E-state index in [-0.39, 0.29) is 18.6 Å². The number of hydrogen-bond acceptors (Lipinski definition) is 4. The number of H-pyrrole nitrogens is 1. The van der Waals surface area contributed by atoms with Crippen LogP contribution in [0.2, 0.25) is 5.02 Å². The monoisotopic (exact) mass is 409 g/mol. The Morgan fingerprint density at radius 3 is 2.97 bits per heavy atom. The average Bonchev–Trinajstić information content (AvgIpc) is 3.42. The van der Waals surface area contributed by atoms with Gasteiger partial charge in [0.1, 0.15) is 0 Å². The highest BCUT2D eigenvalue weighted by Crippen LogP contribution is 2.36. The lowest BCUT2D eigenvalue weighted by molar-refractivity contribution is 0.0705. The lowest BCUT2D eigenvalue weighted by Crippen LogP contribution is -2.39. The quantitative estimate of drug-likeness (QED) is 0.692. The van der Waals surface area contributed by atoms with E-state index < -0.39 is 0 Å². The molecule has 3 heterocycles. The molecule has 1 fully saturated rings. The van der Waals surface area contributed by atoms with Crippen molar-refractivity contribution in [1.29, 1.82) is 0 Å². The SMILES string of the molecule is O=C(c1ccc2c(c1)OCO2)N1CCC[C@H](c2[nH]ncc2-c2cccc(Cl)c2)C1. The molecule has 3 aromatic rings. The van der Waals surface area contributed by atoms with Gasteiger partial charge in [0.15, 0.2) is 11.5 Å². The Morgan fingerprint density at radius 2 is 2.07 bits per heavy atom. The molecule has 0 radical (unpaired) electrons. The molecule has 1 saturated heterocycles. The van der Waals surface area contributed by atoms with Crippen molar-refractivity contribution >= 4 is 17.5 Å². The van der Waals surface area contributed by atoms with Gasteiger partial charge in [0.05, 0.1) is 6.20 Å². The van der Waals surface area contributed by atoms with Crippen LogP contribution in [0.5, 0.6) is 11.5 Å². The first kappa shape index (κ1) is 18.1. The summed E-state index contributed by atoms with van der Waals surface area (Å²) in [5.74, 6) is 1.51. The number of hydrogen-bond donors (Lipinski definition) is 1. The summed E-state index contributed by atoms with van der Waals surface area (Å²) in [7, 11) is 0. The second-order valence-corrected chi connectivity index (χ2v) is 7.80. The van der Waals surface area contributed by atoms with E-state index in [2.05, 4.69) is 10.2 Å². The molecule has 0 unspecified atom stereocenters. The normalized spacial score (nSPS) is 18.1. The Morgan fingerprint density at radius 1 is 1.17 bits per heavy atom. The summed E-state index contributed by atoms with van der Waals surface area (Å²) in [5, 5.41) is 8.12. The molecule has 29 heavy (non-hydrogen) atoms. The van der Waals surface area contributed by atoms with Crippen LogP contribution in [0.15, 0.2) is 48.7 Å². The molecule has 148 valence electrons. The molecule has 0 saturated carbocycles. The highest BCUT2D eigenvalue weighted by Gasteiger charge is 2.29. The molecule has 2 aromatic carbocycles. The summed E-state index contributed by atoms with van der Waals surface area (Å²) < 4.78 is 10.8. The van der Waals surface area contributed by atoms with Gasteiger partial charge in [-0.1, -0.05) is 23.7 Å². The minimum Gasteiger partial charge on any atom is -0.454 e. The van der Waals surface area contributed by atoms with E-state index in [1.807, 2.05) is 35.4 Å². The Bertz CT molecular complexity index is 1060. The van der Waals surface area contributed by atoms with Crippen molar-refractivity contribution in [2.75, 3.05) is 19.9 Å². The van der Waals surface area contributed by atoms with Crippen molar-refractivity contribution in [1.82, 2.24) is 15.1 Å². The molecule has 1 N–H and O–H groups in total. The van der Waals surface area contributed by atoms with Crippen LogP contribution in [0.1, 0.15) is 34.8 Å². The first-order valence-corrected chi connectivity index (χ1v) is 10.0. The van der Waals surface area contributed by atoms with Crippen molar-refractivity contribution in [3.05, 3.63) is 64.9 Å². The number of halogens is 1. The van der Waals surface area contributed by atoms with Gasteiger partial charge in [-0.05, 0) is 48.7 Å². The topological polar surface area (TPSA) is 67.5 Å². The molecule has 0 spiro atoms. The van der Waals surface area contributed by atoms with Gasteiger partial charge in [-0.2, -0.15) is 5.10 Å². The molecule has 6 nitrogen and oxygen atoms in total. The maximum atomic E-state index is 13.1. The fourth-order valence-electron chi connectivity index (χ4n) is 4.10. The van der Waals surface area contributed by atoms with Gasteiger partial charge < -0.3 is 14.4 Å². The van der Waals surface area contributed by atoms with Crippen LogP contribution in [0.25, 0.3) is 11.1 Å². The number of aromatic nitrogens is 2. The third-order valence-corrected chi connectivity index (χ3v) is 5.78. The second kappa shape index (κ2) is 7.44. The molecule has 7 heteroatoms. The number of piperidine rings is 1. The number of fused-ring (bicyclic) bond motifs is 1. The van der Waals surface area contributed by atoms with Gasteiger partial charge >= 0.3 is 0 Å². The zero-order chi connectivity index (χ0) is 19.8. The first-order valence-electron chi connectivity index (χ1n) is 9.67. The lowest BCUT2D eigenvalue weighted by atomic mass is 9.90. The van der Waals surface area contributed by atoms with Crippen molar-refractivity contribution in [3.63, 3.8) is 0 Å². The number of amides is 1. The number of benzene rings is 2. The van der Waals surface area contributed by atoms with Crippen LogP contribution in [0, 0.1) is 0 Å².